The molecule has 2 N–H and O–H groups in total. The maximum absolute atomic E-state index is 11.6. The third kappa shape index (κ3) is 1.80. The molecule has 2 rings (SSSR count). The Bertz CT molecular complexity index is 462. The molecule has 1 aromatic carbocycles. The zero-order chi connectivity index (χ0) is 13.3. The van der Waals surface area contributed by atoms with Crippen molar-refractivity contribution in [1.29, 1.82) is 0 Å². The molecular formula is C13H18N2O3. The molecule has 0 aliphatic carbocycles. The lowest BCUT2D eigenvalue weighted by atomic mass is 9.89. The van der Waals surface area contributed by atoms with Crippen LogP contribution in [0.2, 0.25) is 0 Å². The van der Waals surface area contributed by atoms with Crippen LogP contribution in [0.3, 0.4) is 0 Å². The largest absolute Gasteiger partial charge is 0.493 e. The van der Waals surface area contributed by atoms with Gasteiger partial charge in [-0.1, -0.05) is 6.07 Å². The number of hydrogen-bond acceptors (Lipinski definition) is 4. The van der Waals surface area contributed by atoms with Crippen molar-refractivity contribution in [2.24, 2.45) is 5.73 Å². The number of benzene rings is 1. The van der Waals surface area contributed by atoms with E-state index >= 15 is 0 Å². The van der Waals surface area contributed by atoms with Gasteiger partial charge in [0.1, 0.15) is 6.04 Å². The number of likely N-dealkylation sites (N-methyl/N-ethyl adjacent to an activating group) is 1. The third-order valence-electron chi connectivity index (χ3n) is 3.33. The molecule has 0 radical (unpaired) electrons. The number of ether oxygens (including phenoxy) is 2. The molecule has 5 nitrogen and oxygen atoms in total. The maximum Gasteiger partial charge on any atom is 0.242 e. The molecule has 1 aromatic rings. The first-order valence-corrected chi connectivity index (χ1v) is 5.92. The smallest absolute Gasteiger partial charge is 0.242 e. The number of carbonyl (C=O) groups excluding carboxylic acids is 1. The van der Waals surface area contributed by atoms with Crippen molar-refractivity contribution in [3.63, 3.8) is 0 Å². The van der Waals surface area contributed by atoms with Gasteiger partial charge in [0.05, 0.1) is 20.3 Å². The summed E-state index contributed by atoms with van der Waals surface area (Å²) in [6.07, 6.45) is 0. The molecule has 1 aliphatic heterocycles. The van der Waals surface area contributed by atoms with E-state index in [9.17, 15) is 4.79 Å². The highest BCUT2D eigenvalue weighted by Gasteiger charge is 2.44. The number of β-lactam (4-membered cyclic amide) rings is 1. The van der Waals surface area contributed by atoms with Crippen molar-refractivity contribution >= 4 is 5.91 Å². The summed E-state index contributed by atoms with van der Waals surface area (Å²) in [5.41, 5.74) is 6.84. The predicted octanol–water partition coefficient (Wildman–Crippen LogP) is 0.934. The summed E-state index contributed by atoms with van der Waals surface area (Å²) in [4.78, 5) is 13.4. The summed E-state index contributed by atoms with van der Waals surface area (Å²) >= 11 is 0. The topological polar surface area (TPSA) is 64.8 Å². The van der Waals surface area contributed by atoms with Gasteiger partial charge in [-0.15, -0.1) is 0 Å². The van der Waals surface area contributed by atoms with Gasteiger partial charge in [-0.25, -0.2) is 0 Å². The zero-order valence-corrected chi connectivity index (χ0v) is 10.8. The lowest BCUT2D eigenvalue weighted by Gasteiger charge is -2.45. The number of nitrogens with two attached hydrogens (primary N) is 1. The Kier molecular flexibility index (Phi) is 3.43. The van der Waals surface area contributed by atoms with Gasteiger partial charge in [0.25, 0.3) is 0 Å². The van der Waals surface area contributed by atoms with Gasteiger partial charge in [0.2, 0.25) is 5.91 Å². The highest BCUT2D eigenvalue weighted by Crippen LogP contribution is 2.37. The number of carbonyl (C=O) groups is 1. The number of nitrogens with zero attached hydrogens (tertiary/aromatic N) is 1. The Balaban J connectivity index is 2.31. The Morgan fingerprint density at radius 2 is 1.94 bits per heavy atom. The molecule has 5 heteroatoms. The Morgan fingerprint density at radius 3 is 2.50 bits per heavy atom. The molecule has 1 aliphatic rings. The Hall–Kier alpha value is -1.75. The number of likely N-dealkylation sites (tertiary alicyclic amines) is 1. The van der Waals surface area contributed by atoms with E-state index in [1.165, 1.54) is 0 Å². The van der Waals surface area contributed by atoms with E-state index in [0.717, 1.165) is 5.56 Å². The average Bonchev–Trinajstić information content (AvgIpc) is 2.42. The second-order valence-corrected chi connectivity index (χ2v) is 4.21. The molecule has 18 heavy (non-hydrogen) atoms. The summed E-state index contributed by atoms with van der Waals surface area (Å²) in [5, 5.41) is 0. The van der Waals surface area contributed by atoms with Crippen LogP contribution in [-0.4, -0.2) is 37.6 Å². The summed E-state index contributed by atoms with van der Waals surface area (Å²) < 4.78 is 10.4. The number of rotatable bonds is 4. The molecule has 0 spiro atoms. The van der Waals surface area contributed by atoms with Gasteiger partial charge in [-0.05, 0) is 24.6 Å². The predicted molar refractivity (Wildman–Crippen MR) is 67.6 cm³/mol. The molecule has 1 saturated heterocycles. The third-order valence-corrected chi connectivity index (χ3v) is 3.33. The first-order valence-electron chi connectivity index (χ1n) is 5.92. The molecule has 0 saturated carbocycles. The van der Waals surface area contributed by atoms with Crippen molar-refractivity contribution < 1.29 is 14.3 Å². The van der Waals surface area contributed by atoms with E-state index in [-0.39, 0.29) is 11.9 Å². The second kappa shape index (κ2) is 4.86. The quantitative estimate of drug-likeness (QED) is 0.807. The molecule has 98 valence electrons. The van der Waals surface area contributed by atoms with E-state index in [4.69, 9.17) is 15.2 Å². The van der Waals surface area contributed by atoms with Gasteiger partial charge >= 0.3 is 0 Å². The van der Waals surface area contributed by atoms with Crippen molar-refractivity contribution in [1.82, 2.24) is 4.90 Å². The molecule has 0 aromatic heterocycles. The minimum atomic E-state index is -0.456. The standard InChI is InChI=1S/C13H18N2O3/c1-4-15-12(11(14)13(15)16)8-5-6-9(17-2)10(7-8)18-3/h5-7,11-12H,4,14H2,1-3H3/t11-,12+/m1/s1. The van der Waals surface area contributed by atoms with Crippen molar-refractivity contribution in [2.45, 2.75) is 19.0 Å². The second-order valence-electron chi connectivity index (χ2n) is 4.21. The van der Waals surface area contributed by atoms with Crippen LogP contribution in [-0.2, 0) is 4.79 Å². The minimum absolute atomic E-state index is 0.00251. The lowest BCUT2D eigenvalue weighted by molar-refractivity contribution is -0.149. The maximum atomic E-state index is 11.6. The summed E-state index contributed by atoms with van der Waals surface area (Å²) in [6.45, 7) is 2.60. The zero-order valence-electron chi connectivity index (χ0n) is 10.8. The highest BCUT2D eigenvalue weighted by molar-refractivity contribution is 5.89. The highest BCUT2D eigenvalue weighted by atomic mass is 16.5. The first-order chi connectivity index (χ1) is 8.63. The van der Waals surface area contributed by atoms with E-state index in [1.54, 1.807) is 19.1 Å². The van der Waals surface area contributed by atoms with Gasteiger partial charge in [0, 0.05) is 6.54 Å². The van der Waals surface area contributed by atoms with E-state index < -0.39 is 6.04 Å². The van der Waals surface area contributed by atoms with Crippen LogP contribution >= 0.6 is 0 Å². The van der Waals surface area contributed by atoms with Crippen molar-refractivity contribution in [2.75, 3.05) is 20.8 Å². The van der Waals surface area contributed by atoms with Crippen LogP contribution in [0.15, 0.2) is 18.2 Å². The summed E-state index contributed by atoms with van der Waals surface area (Å²) in [5.74, 6) is 1.32. The van der Waals surface area contributed by atoms with Crippen LogP contribution in [0.25, 0.3) is 0 Å². The van der Waals surface area contributed by atoms with Crippen LogP contribution in [0.4, 0.5) is 0 Å². The average molecular weight is 250 g/mol. The van der Waals surface area contributed by atoms with Gasteiger partial charge < -0.3 is 20.1 Å². The normalized spacial score (nSPS) is 22.7. The van der Waals surface area contributed by atoms with E-state index in [2.05, 4.69) is 0 Å². The number of methoxy groups -OCH3 is 2. The monoisotopic (exact) mass is 250 g/mol. The Labute approximate surface area is 106 Å². The fourth-order valence-electron chi connectivity index (χ4n) is 2.35. The van der Waals surface area contributed by atoms with E-state index in [0.29, 0.717) is 18.0 Å². The molecule has 0 unspecified atom stereocenters. The SMILES string of the molecule is CCN1C(=O)[C@H](N)[C@@H]1c1ccc(OC)c(OC)c1. The van der Waals surface area contributed by atoms with Crippen LogP contribution < -0.4 is 15.2 Å². The van der Waals surface area contributed by atoms with Crippen LogP contribution in [0, 0.1) is 0 Å². The minimum Gasteiger partial charge on any atom is -0.493 e. The molecule has 0 bridgehead atoms. The summed E-state index contributed by atoms with van der Waals surface area (Å²) in [6, 6.07) is 5.10. The van der Waals surface area contributed by atoms with Gasteiger partial charge in [-0.2, -0.15) is 0 Å². The van der Waals surface area contributed by atoms with Gasteiger partial charge in [0.15, 0.2) is 11.5 Å². The molecule has 1 fully saturated rings. The van der Waals surface area contributed by atoms with E-state index in [1.807, 2.05) is 25.1 Å². The fraction of sp³-hybridized carbons (Fsp3) is 0.462. The van der Waals surface area contributed by atoms with Crippen molar-refractivity contribution in [3.8, 4) is 11.5 Å². The summed E-state index contributed by atoms with van der Waals surface area (Å²) in [7, 11) is 3.18. The molecular weight excluding hydrogens is 232 g/mol. The molecule has 1 heterocycles. The fourth-order valence-corrected chi connectivity index (χ4v) is 2.35. The van der Waals surface area contributed by atoms with Crippen LogP contribution in [0.1, 0.15) is 18.5 Å². The molecule has 1 amide bonds. The first kappa shape index (κ1) is 12.7. The Morgan fingerprint density at radius 1 is 1.28 bits per heavy atom. The molecule has 2 atom stereocenters. The number of hydrogen-bond donors (Lipinski definition) is 1. The number of amides is 1. The van der Waals surface area contributed by atoms with Gasteiger partial charge in [-0.3, -0.25) is 4.79 Å². The van der Waals surface area contributed by atoms with Crippen molar-refractivity contribution in [3.05, 3.63) is 23.8 Å². The van der Waals surface area contributed by atoms with Crippen LogP contribution in [0.5, 0.6) is 11.5 Å². The lowest BCUT2D eigenvalue weighted by Crippen LogP contribution is -2.62.